The number of nitrogens with one attached hydrogen (secondary N) is 1. The molecule has 1 saturated heterocycles. The van der Waals surface area contributed by atoms with Gasteiger partial charge in [-0.3, -0.25) is 9.69 Å². The SMILES string of the molecule is Cc1noc(C)c1S(=O)(=O)N1CCCC(C(=O)NCC(c2ccco2)N(C)C)C1. The zero-order valence-corrected chi connectivity index (χ0v) is 18.0. The van der Waals surface area contributed by atoms with Crippen molar-refractivity contribution in [2.45, 2.75) is 37.6 Å². The maximum absolute atomic E-state index is 13.0. The number of furan rings is 1. The first kappa shape index (κ1) is 21.5. The lowest BCUT2D eigenvalue weighted by Crippen LogP contribution is -2.46. The van der Waals surface area contributed by atoms with Gasteiger partial charge in [-0.25, -0.2) is 8.42 Å². The maximum atomic E-state index is 13.0. The van der Waals surface area contributed by atoms with Gasteiger partial charge in [0.2, 0.25) is 15.9 Å². The van der Waals surface area contributed by atoms with Crippen LogP contribution in [0.4, 0.5) is 0 Å². The van der Waals surface area contributed by atoms with Crippen LogP contribution < -0.4 is 5.32 Å². The van der Waals surface area contributed by atoms with E-state index in [4.69, 9.17) is 8.94 Å². The van der Waals surface area contributed by atoms with Gasteiger partial charge in [-0.05, 0) is 52.9 Å². The Morgan fingerprint density at radius 3 is 2.76 bits per heavy atom. The quantitative estimate of drug-likeness (QED) is 0.720. The number of amides is 1. The second-order valence-corrected chi connectivity index (χ2v) is 9.47. The topological polar surface area (TPSA) is 109 Å². The molecule has 0 radical (unpaired) electrons. The van der Waals surface area contributed by atoms with E-state index >= 15 is 0 Å². The third-order valence-electron chi connectivity index (χ3n) is 5.29. The largest absolute Gasteiger partial charge is 0.468 e. The Morgan fingerprint density at radius 2 is 2.17 bits per heavy atom. The molecule has 1 aliphatic heterocycles. The Bertz CT molecular complexity index is 916. The van der Waals surface area contributed by atoms with Crippen molar-refractivity contribution in [3.05, 3.63) is 35.6 Å². The summed E-state index contributed by atoms with van der Waals surface area (Å²) in [6.07, 6.45) is 2.87. The number of piperidine rings is 1. The normalized spacial score (nSPS) is 19.4. The summed E-state index contributed by atoms with van der Waals surface area (Å²) in [5.74, 6) is 0.475. The van der Waals surface area contributed by atoms with Gasteiger partial charge in [0.25, 0.3) is 0 Å². The minimum atomic E-state index is -3.75. The summed E-state index contributed by atoms with van der Waals surface area (Å²) >= 11 is 0. The smallest absolute Gasteiger partial charge is 0.248 e. The Hall–Kier alpha value is -2.17. The van der Waals surface area contributed by atoms with Gasteiger partial charge in [0.15, 0.2) is 5.76 Å². The molecule has 3 rings (SSSR count). The van der Waals surface area contributed by atoms with Crippen LogP contribution in [0.2, 0.25) is 0 Å². The van der Waals surface area contributed by atoms with Crippen LogP contribution in [0, 0.1) is 19.8 Å². The van der Waals surface area contributed by atoms with E-state index in [1.807, 2.05) is 31.1 Å². The second kappa shape index (κ2) is 8.68. The summed E-state index contributed by atoms with van der Waals surface area (Å²) < 4.78 is 37.9. The van der Waals surface area contributed by atoms with Gasteiger partial charge < -0.3 is 14.3 Å². The predicted octanol–water partition coefficient (Wildman–Crippen LogP) is 1.70. The van der Waals surface area contributed by atoms with Crippen molar-refractivity contribution < 1.29 is 22.2 Å². The summed E-state index contributed by atoms with van der Waals surface area (Å²) in [4.78, 5) is 14.8. The first-order valence-corrected chi connectivity index (χ1v) is 11.1. The van der Waals surface area contributed by atoms with Crippen molar-refractivity contribution in [3.8, 4) is 0 Å². The number of sulfonamides is 1. The average Bonchev–Trinajstić information content (AvgIpc) is 3.31. The summed E-state index contributed by atoms with van der Waals surface area (Å²) in [7, 11) is 0.0763. The van der Waals surface area contributed by atoms with E-state index in [-0.39, 0.29) is 29.1 Å². The number of rotatable bonds is 7. The number of carbonyl (C=O) groups is 1. The molecule has 1 amide bonds. The van der Waals surface area contributed by atoms with E-state index in [0.29, 0.717) is 31.6 Å². The molecule has 0 bridgehead atoms. The predicted molar refractivity (Wildman–Crippen MR) is 106 cm³/mol. The van der Waals surface area contributed by atoms with Crippen molar-refractivity contribution in [2.24, 2.45) is 5.92 Å². The molecule has 1 N–H and O–H groups in total. The van der Waals surface area contributed by atoms with Crippen LogP contribution >= 0.6 is 0 Å². The Balaban J connectivity index is 1.66. The van der Waals surface area contributed by atoms with Crippen LogP contribution in [0.5, 0.6) is 0 Å². The van der Waals surface area contributed by atoms with Crippen LogP contribution in [0.3, 0.4) is 0 Å². The summed E-state index contributed by atoms with van der Waals surface area (Å²) in [6, 6.07) is 3.58. The zero-order chi connectivity index (χ0) is 21.2. The van der Waals surface area contributed by atoms with Gasteiger partial charge in [0.05, 0.1) is 18.2 Å². The fourth-order valence-corrected chi connectivity index (χ4v) is 5.52. The highest BCUT2D eigenvalue weighted by Crippen LogP contribution is 2.28. The Kier molecular flexibility index (Phi) is 6.45. The fourth-order valence-electron chi connectivity index (χ4n) is 3.71. The molecule has 0 saturated carbocycles. The second-order valence-electron chi connectivity index (χ2n) is 7.60. The van der Waals surface area contributed by atoms with E-state index in [9.17, 15) is 13.2 Å². The summed E-state index contributed by atoms with van der Waals surface area (Å²) in [6.45, 7) is 4.09. The highest BCUT2D eigenvalue weighted by Gasteiger charge is 2.36. The number of nitrogens with zero attached hydrogens (tertiary/aromatic N) is 3. The van der Waals surface area contributed by atoms with Gasteiger partial charge in [-0.1, -0.05) is 5.16 Å². The van der Waals surface area contributed by atoms with E-state index in [0.717, 1.165) is 5.76 Å². The number of aromatic nitrogens is 1. The fraction of sp³-hybridized carbons (Fsp3) is 0.579. The van der Waals surface area contributed by atoms with E-state index in [2.05, 4.69) is 10.5 Å². The molecule has 160 valence electrons. The van der Waals surface area contributed by atoms with Crippen molar-refractivity contribution >= 4 is 15.9 Å². The molecular weight excluding hydrogens is 396 g/mol. The van der Waals surface area contributed by atoms with Crippen LogP contribution in [0.1, 0.15) is 36.1 Å². The molecule has 2 aromatic heterocycles. The van der Waals surface area contributed by atoms with Crippen LogP contribution in [-0.2, 0) is 14.8 Å². The molecule has 3 heterocycles. The molecule has 2 unspecified atom stereocenters. The minimum Gasteiger partial charge on any atom is -0.468 e. The lowest BCUT2D eigenvalue weighted by molar-refractivity contribution is -0.126. The maximum Gasteiger partial charge on any atom is 0.248 e. The molecule has 1 fully saturated rings. The minimum absolute atomic E-state index is 0.0975. The number of hydrogen-bond donors (Lipinski definition) is 1. The molecule has 9 nitrogen and oxygen atoms in total. The number of hydrogen-bond acceptors (Lipinski definition) is 7. The summed E-state index contributed by atoms with van der Waals surface area (Å²) in [5.41, 5.74) is 0.335. The van der Waals surface area contributed by atoms with E-state index < -0.39 is 15.9 Å². The number of likely N-dealkylation sites (N-methyl/N-ethyl adjacent to an activating group) is 1. The van der Waals surface area contributed by atoms with E-state index in [1.165, 1.54) is 4.31 Å². The molecular formula is C19H28N4O5S. The molecule has 0 spiro atoms. The monoisotopic (exact) mass is 424 g/mol. The molecule has 1 aliphatic rings. The highest BCUT2D eigenvalue weighted by atomic mass is 32.2. The van der Waals surface area contributed by atoms with Crippen LogP contribution in [-0.4, -0.2) is 62.4 Å². The van der Waals surface area contributed by atoms with Gasteiger partial charge in [0.1, 0.15) is 16.3 Å². The number of carbonyl (C=O) groups excluding carboxylic acids is 1. The van der Waals surface area contributed by atoms with Crippen LogP contribution in [0.25, 0.3) is 0 Å². The van der Waals surface area contributed by atoms with Gasteiger partial charge in [-0.2, -0.15) is 4.31 Å². The third kappa shape index (κ3) is 4.54. The van der Waals surface area contributed by atoms with Crippen molar-refractivity contribution in [1.82, 2.24) is 19.7 Å². The van der Waals surface area contributed by atoms with Gasteiger partial charge in [0, 0.05) is 19.6 Å². The molecule has 29 heavy (non-hydrogen) atoms. The Morgan fingerprint density at radius 1 is 1.41 bits per heavy atom. The zero-order valence-electron chi connectivity index (χ0n) is 17.2. The van der Waals surface area contributed by atoms with Crippen molar-refractivity contribution in [3.63, 3.8) is 0 Å². The Labute approximate surface area is 171 Å². The van der Waals surface area contributed by atoms with Crippen molar-refractivity contribution in [2.75, 3.05) is 33.7 Å². The first-order chi connectivity index (χ1) is 13.7. The number of aryl methyl sites for hydroxylation is 2. The standard InChI is InChI=1S/C19H28N4O5S/c1-13-18(14(2)28-21-13)29(25,26)23-9-5-7-15(12-23)19(24)20-11-16(22(3)4)17-8-6-10-27-17/h6,8,10,15-16H,5,7,9,11-12H2,1-4H3,(H,20,24). The first-order valence-electron chi connectivity index (χ1n) is 9.62. The molecule has 10 heteroatoms. The molecule has 0 aliphatic carbocycles. The third-order valence-corrected chi connectivity index (χ3v) is 7.40. The average molecular weight is 425 g/mol. The van der Waals surface area contributed by atoms with Crippen LogP contribution in [0.15, 0.2) is 32.2 Å². The van der Waals surface area contributed by atoms with Crippen molar-refractivity contribution in [1.29, 1.82) is 0 Å². The highest BCUT2D eigenvalue weighted by molar-refractivity contribution is 7.89. The molecule has 2 atom stereocenters. The molecule has 0 aromatic carbocycles. The van der Waals surface area contributed by atoms with E-state index in [1.54, 1.807) is 20.1 Å². The lowest BCUT2D eigenvalue weighted by atomic mass is 9.98. The summed E-state index contributed by atoms with van der Waals surface area (Å²) in [5, 5.41) is 6.71. The van der Waals surface area contributed by atoms with Gasteiger partial charge >= 0.3 is 0 Å². The molecule has 2 aromatic rings. The van der Waals surface area contributed by atoms with Gasteiger partial charge in [-0.15, -0.1) is 0 Å². The lowest BCUT2D eigenvalue weighted by Gasteiger charge is -2.31.